The molecule has 22 heavy (non-hydrogen) atoms. The van der Waals surface area contributed by atoms with Crippen LogP contribution in [0.15, 0.2) is 54.0 Å². The number of hydrogen-bond donors (Lipinski definition) is 1. The minimum absolute atomic E-state index is 0.738. The maximum absolute atomic E-state index is 5.91. The lowest BCUT2D eigenvalue weighted by Gasteiger charge is -1.97. The van der Waals surface area contributed by atoms with Gasteiger partial charge in [0.05, 0.1) is 5.52 Å². The van der Waals surface area contributed by atoms with E-state index in [2.05, 4.69) is 32.5 Å². The molecule has 0 radical (unpaired) electrons. The van der Waals surface area contributed by atoms with E-state index < -0.39 is 0 Å². The summed E-state index contributed by atoms with van der Waals surface area (Å²) >= 11 is 7.62. The first-order valence-electron chi connectivity index (χ1n) is 6.91. The van der Waals surface area contributed by atoms with E-state index in [-0.39, 0.29) is 0 Å². The van der Waals surface area contributed by atoms with E-state index in [4.69, 9.17) is 11.6 Å². The molecule has 0 amide bonds. The molecule has 5 heteroatoms. The van der Waals surface area contributed by atoms with Gasteiger partial charge < -0.3 is 4.98 Å². The van der Waals surface area contributed by atoms with Gasteiger partial charge in [0.2, 0.25) is 0 Å². The van der Waals surface area contributed by atoms with Crippen LogP contribution >= 0.6 is 22.9 Å². The van der Waals surface area contributed by atoms with E-state index in [1.54, 1.807) is 11.3 Å². The van der Waals surface area contributed by atoms with Gasteiger partial charge in [-0.1, -0.05) is 29.8 Å². The van der Waals surface area contributed by atoms with Crippen LogP contribution in [0.5, 0.6) is 0 Å². The number of imidazole rings is 1. The largest absolute Gasteiger partial charge is 0.340 e. The van der Waals surface area contributed by atoms with Gasteiger partial charge in [-0.25, -0.2) is 9.97 Å². The Hall–Kier alpha value is -2.17. The van der Waals surface area contributed by atoms with Crippen molar-refractivity contribution < 1.29 is 0 Å². The number of hydrogen-bond acceptors (Lipinski definition) is 3. The van der Waals surface area contributed by atoms with Crippen LogP contribution in [0.25, 0.3) is 21.6 Å². The minimum Gasteiger partial charge on any atom is -0.340 e. The second-order valence-corrected chi connectivity index (χ2v) is 6.44. The lowest BCUT2D eigenvalue weighted by atomic mass is 10.1. The predicted molar refractivity (Wildman–Crippen MR) is 91.5 cm³/mol. The maximum Gasteiger partial charge on any atom is 0.177 e. The molecule has 0 aliphatic rings. The number of rotatable bonds is 3. The number of fused-ring (bicyclic) bond motifs is 1. The van der Waals surface area contributed by atoms with E-state index in [9.17, 15) is 0 Å². The first-order valence-corrected chi connectivity index (χ1v) is 8.17. The monoisotopic (exact) mass is 325 g/mol. The fraction of sp³-hybridized carbons (Fsp3) is 0.0588. The SMILES string of the molecule is Clc1ccc(Cc2nc3ncc(-c4cccs4)cc3[nH]2)cc1. The molecule has 0 saturated carbocycles. The first-order chi connectivity index (χ1) is 10.8. The molecule has 0 aliphatic carbocycles. The molecule has 108 valence electrons. The summed E-state index contributed by atoms with van der Waals surface area (Å²) in [5.74, 6) is 0.910. The third kappa shape index (κ3) is 2.63. The van der Waals surface area contributed by atoms with Crippen molar-refractivity contribution in [3.63, 3.8) is 0 Å². The van der Waals surface area contributed by atoms with Gasteiger partial charge in [-0.3, -0.25) is 0 Å². The third-order valence-electron chi connectivity index (χ3n) is 3.48. The molecule has 0 aliphatic heterocycles. The topological polar surface area (TPSA) is 41.6 Å². The van der Waals surface area contributed by atoms with E-state index in [1.807, 2.05) is 36.5 Å². The number of benzene rings is 1. The zero-order chi connectivity index (χ0) is 14.9. The summed E-state index contributed by atoms with van der Waals surface area (Å²) in [7, 11) is 0. The summed E-state index contributed by atoms with van der Waals surface area (Å²) in [6.07, 6.45) is 2.61. The summed E-state index contributed by atoms with van der Waals surface area (Å²) in [6, 6.07) is 14.1. The van der Waals surface area contributed by atoms with Crippen LogP contribution in [-0.4, -0.2) is 15.0 Å². The van der Waals surface area contributed by atoms with Crippen molar-refractivity contribution in [2.24, 2.45) is 0 Å². The molecule has 0 atom stereocenters. The minimum atomic E-state index is 0.738. The Morgan fingerprint density at radius 1 is 1.14 bits per heavy atom. The average molecular weight is 326 g/mol. The standard InChI is InChI=1S/C17H12ClN3S/c18-13-5-3-11(4-6-13)8-16-20-14-9-12(10-19-17(14)21-16)15-2-1-7-22-15/h1-7,9-10H,8H2,(H,19,20,21). The van der Waals surface area contributed by atoms with Crippen molar-refractivity contribution in [3.05, 3.63) is 70.5 Å². The average Bonchev–Trinajstić information content (AvgIpc) is 3.17. The van der Waals surface area contributed by atoms with Gasteiger partial charge in [0, 0.05) is 28.1 Å². The van der Waals surface area contributed by atoms with Gasteiger partial charge in [-0.05, 0) is 35.2 Å². The lowest BCUT2D eigenvalue weighted by molar-refractivity contribution is 1.03. The highest BCUT2D eigenvalue weighted by Crippen LogP contribution is 2.26. The number of pyridine rings is 1. The molecule has 3 heterocycles. The molecule has 0 bridgehead atoms. The number of thiophene rings is 1. The highest BCUT2D eigenvalue weighted by atomic mass is 35.5. The van der Waals surface area contributed by atoms with Crippen LogP contribution in [-0.2, 0) is 6.42 Å². The molecule has 1 N–H and O–H groups in total. The van der Waals surface area contributed by atoms with Crippen molar-refractivity contribution in [1.29, 1.82) is 0 Å². The fourth-order valence-electron chi connectivity index (χ4n) is 2.41. The first kappa shape index (κ1) is 13.5. The summed E-state index contributed by atoms with van der Waals surface area (Å²) in [5.41, 5.74) is 4.00. The maximum atomic E-state index is 5.91. The molecule has 0 spiro atoms. The molecule has 3 nitrogen and oxygen atoms in total. The molecule has 4 rings (SSSR count). The van der Waals surface area contributed by atoms with Crippen LogP contribution in [0, 0.1) is 0 Å². The van der Waals surface area contributed by atoms with Crippen molar-refractivity contribution >= 4 is 34.1 Å². The van der Waals surface area contributed by atoms with E-state index in [0.717, 1.165) is 34.0 Å². The molecule has 0 unspecified atom stereocenters. The van der Waals surface area contributed by atoms with E-state index in [1.165, 1.54) is 10.4 Å². The quantitative estimate of drug-likeness (QED) is 0.580. The number of aromatic amines is 1. The highest BCUT2D eigenvalue weighted by Gasteiger charge is 2.07. The van der Waals surface area contributed by atoms with Gasteiger partial charge in [-0.15, -0.1) is 11.3 Å². The second-order valence-electron chi connectivity index (χ2n) is 5.06. The zero-order valence-electron chi connectivity index (χ0n) is 11.6. The van der Waals surface area contributed by atoms with Crippen molar-refractivity contribution in [3.8, 4) is 10.4 Å². The Morgan fingerprint density at radius 3 is 2.77 bits per heavy atom. The van der Waals surface area contributed by atoms with Crippen molar-refractivity contribution in [1.82, 2.24) is 15.0 Å². The van der Waals surface area contributed by atoms with Crippen LogP contribution in [0.2, 0.25) is 5.02 Å². The van der Waals surface area contributed by atoms with Gasteiger partial charge in [0.15, 0.2) is 5.65 Å². The number of halogens is 1. The number of H-pyrrole nitrogens is 1. The van der Waals surface area contributed by atoms with Gasteiger partial charge >= 0.3 is 0 Å². The molecule has 0 fully saturated rings. The van der Waals surface area contributed by atoms with Gasteiger partial charge in [-0.2, -0.15) is 0 Å². The number of aromatic nitrogens is 3. The highest BCUT2D eigenvalue weighted by molar-refractivity contribution is 7.13. The lowest BCUT2D eigenvalue weighted by Crippen LogP contribution is -1.89. The Labute approximate surface area is 136 Å². The Bertz CT molecular complexity index is 911. The Balaban J connectivity index is 1.67. The van der Waals surface area contributed by atoms with Gasteiger partial charge in [0.25, 0.3) is 0 Å². The number of nitrogens with zero attached hydrogens (tertiary/aromatic N) is 2. The van der Waals surface area contributed by atoms with E-state index in [0.29, 0.717) is 0 Å². The molecule has 0 saturated heterocycles. The molecule has 1 aromatic carbocycles. The predicted octanol–water partition coefficient (Wildman–Crippen LogP) is 4.93. The van der Waals surface area contributed by atoms with Crippen LogP contribution < -0.4 is 0 Å². The zero-order valence-corrected chi connectivity index (χ0v) is 13.2. The van der Waals surface area contributed by atoms with Crippen molar-refractivity contribution in [2.75, 3.05) is 0 Å². The normalized spacial score (nSPS) is 11.1. The van der Waals surface area contributed by atoms with Crippen LogP contribution in [0.1, 0.15) is 11.4 Å². The molecular formula is C17H12ClN3S. The Morgan fingerprint density at radius 2 is 2.00 bits per heavy atom. The van der Waals surface area contributed by atoms with Crippen molar-refractivity contribution in [2.45, 2.75) is 6.42 Å². The van der Waals surface area contributed by atoms with Crippen LogP contribution in [0.4, 0.5) is 0 Å². The summed E-state index contributed by atoms with van der Waals surface area (Å²) in [6.45, 7) is 0. The van der Waals surface area contributed by atoms with E-state index >= 15 is 0 Å². The molecule has 3 aromatic heterocycles. The summed E-state index contributed by atoms with van der Waals surface area (Å²) in [4.78, 5) is 13.6. The molecular weight excluding hydrogens is 314 g/mol. The smallest absolute Gasteiger partial charge is 0.177 e. The Kier molecular flexibility index (Phi) is 3.41. The molecule has 4 aromatic rings. The summed E-state index contributed by atoms with van der Waals surface area (Å²) < 4.78 is 0. The van der Waals surface area contributed by atoms with Crippen LogP contribution in [0.3, 0.4) is 0 Å². The summed E-state index contributed by atoms with van der Waals surface area (Å²) in [5, 5.41) is 2.81. The third-order valence-corrected chi connectivity index (χ3v) is 4.65. The second kappa shape index (κ2) is 5.55. The van der Waals surface area contributed by atoms with Gasteiger partial charge in [0.1, 0.15) is 5.82 Å². The fourth-order valence-corrected chi connectivity index (χ4v) is 3.24. The number of nitrogens with one attached hydrogen (secondary N) is 1.